The Hall–Kier alpha value is -2.76. The highest BCUT2D eigenvalue weighted by Crippen LogP contribution is 2.19. The first-order valence-corrected chi connectivity index (χ1v) is 5.85. The van der Waals surface area contributed by atoms with Crippen LogP contribution in [0.5, 0.6) is 5.75 Å². The van der Waals surface area contributed by atoms with Crippen LogP contribution in [0.3, 0.4) is 0 Å². The highest BCUT2D eigenvalue weighted by atomic mass is 19.1. The van der Waals surface area contributed by atoms with E-state index in [1.807, 2.05) is 0 Å². The Morgan fingerprint density at radius 1 is 1.20 bits per heavy atom. The van der Waals surface area contributed by atoms with Crippen molar-refractivity contribution >= 4 is 23.1 Å². The van der Waals surface area contributed by atoms with E-state index < -0.39 is 11.8 Å². The third kappa shape index (κ3) is 3.38. The Labute approximate surface area is 115 Å². The SMILES string of the molecule is COc1cccc(NC(=O)Nc2cc(N)ccc2F)c1. The summed E-state index contributed by atoms with van der Waals surface area (Å²) in [4.78, 5) is 11.8. The highest BCUT2D eigenvalue weighted by Gasteiger charge is 2.07. The monoisotopic (exact) mass is 275 g/mol. The van der Waals surface area contributed by atoms with Gasteiger partial charge in [-0.3, -0.25) is 0 Å². The van der Waals surface area contributed by atoms with Crippen LogP contribution in [0.15, 0.2) is 42.5 Å². The molecule has 20 heavy (non-hydrogen) atoms. The molecule has 6 heteroatoms. The summed E-state index contributed by atoms with van der Waals surface area (Å²) in [5, 5.41) is 4.97. The van der Waals surface area contributed by atoms with Gasteiger partial charge in [0.1, 0.15) is 11.6 Å². The number of carbonyl (C=O) groups is 1. The van der Waals surface area contributed by atoms with E-state index in [0.717, 1.165) is 0 Å². The van der Waals surface area contributed by atoms with Gasteiger partial charge in [-0.05, 0) is 30.3 Å². The fourth-order valence-electron chi connectivity index (χ4n) is 1.62. The van der Waals surface area contributed by atoms with Crippen molar-refractivity contribution in [2.24, 2.45) is 0 Å². The van der Waals surface area contributed by atoms with Gasteiger partial charge in [-0.2, -0.15) is 0 Å². The van der Waals surface area contributed by atoms with E-state index in [-0.39, 0.29) is 5.69 Å². The molecule has 4 N–H and O–H groups in total. The molecule has 0 saturated heterocycles. The van der Waals surface area contributed by atoms with Crippen LogP contribution in [-0.4, -0.2) is 13.1 Å². The third-order valence-electron chi connectivity index (χ3n) is 2.57. The maximum atomic E-state index is 13.5. The Balaban J connectivity index is 2.07. The topological polar surface area (TPSA) is 76.4 Å². The van der Waals surface area contributed by atoms with Gasteiger partial charge in [-0.1, -0.05) is 6.07 Å². The van der Waals surface area contributed by atoms with Crippen molar-refractivity contribution in [3.05, 3.63) is 48.3 Å². The zero-order valence-electron chi connectivity index (χ0n) is 10.8. The first-order chi connectivity index (χ1) is 9.58. The molecule has 0 fully saturated rings. The second kappa shape index (κ2) is 5.92. The van der Waals surface area contributed by atoms with Crippen molar-refractivity contribution in [1.29, 1.82) is 0 Å². The molecule has 0 bridgehead atoms. The summed E-state index contributed by atoms with van der Waals surface area (Å²) in [6, 6.07) is 10.2. The predicted molar refractivity (Wildman–Crippen MR) is 76.4 cm³/mol. The van der Waals surface area contributed by atoms with Gasteiger partial charge in [0.2, 0.25) is 0 Å². The summed E-state index contributed by atoms with van der Waals surface area (Å²) in [7, 11) is 1.53. The van der Waals surface area contributed by atoms with E-state index in [0.29, 0.717) is 17.1 Å². The molecule has 0 unspecified atom stereocenters. The average molecular weight is 275 g/mol. The maximum Gasteiger partial charge on any atom is 0.323 e. The highest BCUT2D eigenvalue weighted by molar-refractivity contribution is 6.00. The van der Waals surface area contributed by atoms with Crippen molar-refractivity contribution in [2.45, 2.75) is 0 Å². The molecule has 2 aromatic carbocycles. The van der Waals surface area contributed by atoms with E-state index >= 15 is 0 Å². The number of hydrogen-bond acceptors (Lipinski definition) is 3. The van der Waals surface area contributed by atoms with E-state index in [1.54, 1.807) is 24.3 Å². The Bertz CT molecular complexity index is 632. The normalized spacial score (nSPS) is 9.90. The van der Waals surface area contributed by atoms with Gasteiger partial charge < -0.3 is 21.1 Å². The summed E-state index contributed by atoms with van der Waals surface area (Å²) in [5.41, 5.74) is 6.46. The van der Waals surface area contributed by atoms with Gasteiger partial charge in [0.25, 0.3) is 0 Å². The lowest BCUT2D eigenvalue weighted by Gasteiger charge is -2.09. The molecule has 0 saturated carbocycles. The molecule has 5 nitrogen and oxygen atoms in total. The first-order valence-electron chi connectivity index (χ1n) is 5.85. The fourth-order valence-corrected chi connectivity index (χ4v) is 1.62. The van der Waals surface area contributed by atoms with Crippen LogP contribution < -0.4 is 21.1 Å². The van der Waals surface area contributed by atoms with E-state index in [4.69, 9.17) is 10.5 Å². The molecule has 0 radical (unpaired) electrons. The number of nitrogens with one attached hydrogen (secondary N) is 2. The van der Waals surface area contributed by atoms with Crippen LogP contribution in [-0.2, 0) is 0 Å². The van der Waals surface area contributed by atoms with Crippen LogP contribution in [0.2, 0.25) is 0 Å². The molecule has 0 aromatic heterocycles. The van der Waals surface area contributed by atoms with Crippen LogP contribution in [0.1, 0.15) is 0 Å². The van der Waals surface area contributed by atoms with Crippen molar-refractivity contribution in [2.75, 3.05) is 23.5 Å². The second-order valence-electron chi connectivity index (χ2n) is 4.05. The molecule has 2 rings (SSSR count). The largest absolute Gasteiger partial charge is 0.497 e. The number of ether oxygens (including phenoxy) is 1. The summed E-state index contributed by atoms with van der Waals surface area (Å²) in [5.74, 6) is 0.0536. The smallest absolute Gasteiger partial charge is 0.323 e. The number of urea groups is 1. The van der Waals surface area contributed by atoms with Crippen molar-refractivity contribution in [1.82, 2.24) is 0 Å². The van der Waals surface area contributed by atoms with Crippen LogP contribution >= 0.6 is 0 Å². The number of carbonyl (C=O) groups excluding carboxylic acids is 1. The van der Waals surface area contributed by atoms with Crippen molar-refractivity contribution < 1.29 is 13.9 Å². The van der Waals surface area contributed by atoms with E-state index in [9.17, 15) is 9.18 Å². The van der Waals surface area contributed by atoms with Crippen molar-refractivity contribution in [3.63, 3.8) is 0 Å². The second-order valence-corrected chi connectivity index (χ2v) is 4.05. The van der Waals surface area contributed by atoms with Gasteiger partial charge in [0, 0.05) is 17.4 Å². The molecule has 0 aliphatic carbocycles. The van der Waals surface area contributed by atoms with Gasteiger partial charge in [-0.25, -0.2) is 9.18 Å². The van der Waals surface area contributed by atoms with E-state index in [1.165, 1.54) is 25.3 Å². The molecule has 0 aliphatic rings. The van der Waals surface area contributed by atoms with Crippen LogP contribution in [0, 0.1) is 5.82 Å². The number of benzene rings is 2. The molecule has 2 aromatic rings. The maximum absolute atomic E-state index is 13.5. The van der Waals surface area contributed by atoms with Crippen molar-refractivity contribution in [3.8, 4) is 5.75 Å². The Morgan fingerprint density at radius 3 is 2.75 bits per heavy atom. The minimum Gasteiger partial charge on any atom is -0.497 e. The zero-order chi connectivity index (χ0) is 14.5. The Kier molecular flexibility index (Phi) is 4.05. The molecule has 0 aliphatic heterocycles. The van der Waals surface area contributed by atoms with Gasteiger partial charge in [0.05, 0.1) is 12.8 Å². The lowest BCUT2D eigenvalue weighted by molar-refractivity contribution is 0.262. The lowest BCUT2D eigenvalue weighted by atomic mass is 10.2. The predicted octanol–water partition coefficient (Wildman–Crippen LogP) is 3.06. The number of anilines is 3. The number of halogens is 1. The van der Waals surface area contributed by atoms with Gasteiger partial charge in [0.15, 0.2) is 0 Å². The number of nitrogen functional groups attached to an aromatic ring is 1. The summed E-state index contributed by atoms with van der Waals surface area (Å²) < 4.78 is 18.5. The first kappa shape index (κ1) is 13.7. The molecule has 2 amide bonds. The molecule has 0 heterocycles. The number of amides is 2. The number of nitrogens with two attached hydrogens (primary N) is 1. The fraction of sp³-hybridized carbons (Fsp3) is 0.0714. The van der Waals surface area contributed by atoms with Gasteiger partial charge in [-0.15, -0.1) is 0 Å². The zero-order valence-corrected chi connectivity index (χ0v) is 10.8. The van der Waals surface area contributed by atoms with Gasteiger partial charge >= 0.3 is 6.03 Å². The average Bonchev–Trinajstić information content (AvgIpc) is 2.43. The summed E-state index contributed by atoms with van der Waals surface area (Å²) in [6.07, 6.45) is 0. The molecule has 0 spiro atoms. The number of methoxy groups -OCH3 is 1. The van der Waals surface area contributed by atoms with Crippen LogP contribution in [0.4, 0.5) is 26.2 Å². The quantitative estimate of drug-likeness (QED) is 0.753. The third-order valence-corrected chi connectivity index (χ3v) is 2.57. The molecule has 0 atom stereocenters. The lowest BCUT2D eigenvalue weighted by Crippen LogP contribution is -2.20. The number of rotatable bonds is 3. The minimum absolute atomic E-state index is 0.0189. The molecule has 104 valence electrons. The number of hydrogen-bond donors (Lipinski definition) is 3. The molecular weight excluding hydrogens is 261 g/mol. The van der Waals surface area contributed by atoms with Crippen LogP contribution in [0.25, 0.3) is 0 Å². The van der Waals surface area contributed by atoms with E-state index in [2.05, 4.69) is 10.6 Å². The summed E-state index contributed by atoms with van der Waals surface area (Å²) in [6.45, 7) is 0. The standard InChI is InChI=1S/C14H14FN3O2/c1-20-11-4-2-3-10(8-11)17-14(19)18-13-7-9(16)5-6-12(13)15/h2-8H,16H2,1H3,(H2,17,18,19). The minimum atomic E-state index is -0.567. The molecular formula is C14H14FN3O2. The Morgan fingerprint density at radius 2 is 2.00 bits per heavy atom. The summed E-state index contributed by atoms with van der Waals surface area (Å²) >= 11 is 0.